The van der Waals surface area contributed by atoms with Gasteiger partial charge in [0.1, 0.15) is 11.6 Å². The van der Waals surface area contributed by atoms with E-state index >= 15 is 0 Å². The van der Waals surface area contributed by atoms with Crippen molar-refractivity contribution in [3.8, 4) is 5.75 Å². The number of sulfonamides is 1. The number of benzene rings is 1. The second-order valence-corrected chi connectivity index (χ2v) is 6.36. The normalized spacial score (nSPS) is 18.4. The largest absolute Gasteiger partial charge is 0.493 e. The number of nitrogens with one attached hydrogen (secondary N) is 2. The number of aromatic nitrogens is 2. The van der Waals surface area contributed by atoms with E-state index in [0.29, 0.717) is 18.9 Å². The van der Waals surface area contributed by atoms with Crippen LogP contribution in [0.25, 0.3) is 0 Å². The Morgan fingerprint density at radius 2 is 2.20 bits per heavy atom. The van der Waals surface area contributed by atoms with Gasteiger partial charge in [-0.25, -0.2) is 18.1 Å². The molecule has 0 amide bonds. The zero-order valence-electron chi connectivity index (χ0n) is 11.0. The zero-order chi connectivity index (χ0) is 14.2. The van der Waals surface area contributed by atoms with Crippen LogP contribution in [-0.2, 0) is 10.0 Å². The predicted molar refractivity (Wildman–Crippen MR) is 72.9 cm³/mol. The van der Waals surface area contributed by atoms with E-state index in [1.54, 1.807) is 6.92 Å². The first-order valence-electron chi connectivity index (χ1n) is 6.32. The molecule has 1 aliphatic rings. The van der Waals surface area contributed by atoms with Crippen molar-refractivity contribution < 1.29 is 13.2 Å². The summed E-state index contributed by atoms with van der Waals surface area (Å²) >= 11 is 0. The molecular weight excluding hydrogens is 278 g/mol. The fourth-order valence-corrected chi connectivity index (χ4v) is 3.47. The number of imidazole rings is 1. The highest BCUT2D eigenvalue weighted by atomic mass is 32.2. The van der Waals surface area contributed by atoms with Crippen LogP contribution in [0.1, 0.15) is 23.9 Å². The van der Waals surface area contributed by atoms with E-state index in [1.165, 1.54) is 6.20 Å². The van der Waals surface area contributed by atoms with Gasteiger partial charge in [-0.05, 0) is 13.0 Å². The van der Waals surface area contributed by atoms with Gasteiger partial charge in [0, 0.05) is 12.0 Å². The summed E-state index contributed by atoms with van der Waals surface area (Å²) in [4.78, 5) is 6.66. The molecule has 2 N–H and O–H groups in total. The van der Waals surface area contributed by atoms with E-state index in [4.69, 9.17) is 4.74 Å². The maximum Gasteiger partial charge on any atom is 0.258 e. The lowest BCUT2D eigenvalue weighted by atomic mass is 10.0. The highest BCUT2D eigenvalue weighted by Gasteiger charge is 2.27. The molecule has 0 saturated heterocycles. The summed E-state index contributed by atoms with van der Waals surface area (Å²) in [7, 11) is -3.61. The number of H-pyrrole nitrogens is 1. The number of hydrogen-bond acceptors (Lipinski definition) is 4. The first-order valence-corrected chi connectivity index (χ1v) is 7.80. The van der Waals surface area contributed by atoms with Crippen molar-refractivity contribution in [2.45, 2.75) is 24.4 Å². The Morgan fingerprint density at radius 3 is 2.95 bits per heavy atom. The van der Waals surface area contributed by atoms with E-state index in [0.717, 1.165) is 11.3 Å². The molecule has 6 nitrogen and oxygen atoms in total. The predicted octanol–water partition coefficient (Wildman–Crippen LogP) is 1.52. The standard InChI is InChI=1S/C13H15N3O3S/c1-9-14-8-13(15-9)20(17,18)16-11-6-7-19-12-5-3-2-4-10(11)12/h2-5,8,11,16H,6-7H2,1H3,(H,14,15). The van der Waals surface area contributed by atoms with Gasteiger partial charge in [0.05, 0.1) is 18.8 Å². The maximum atomic E-state index is 12.3. The minimum Gasteiger partial charge on any atom is -0.493 e. The molecule has 1 unspecified atom stereocenters. The molecule has 1 aliphatic heterocycles. The Balaban J connectivity index is 1.89. The quantitative estimate of drug-likeness (QED) is 0.898. The van der Waals surface area contributed by atoms with Gasteiger partial charge in [0.25, 0.3) is 10.0 Å². The molecule has 0 saturated carbocycles. The van der Waals surface area contributed by atoms with Crippen LogP contribution >= 0.6 is 0 Å². The molecule has 20 heavy (non-hydrogen) atoms. The summed E-state index contributed by atoms with van der Waals surface area (Å²) in [6, 6.07) is 7.17. The molecule has 0 fully saturated rings. The Bertz CT molecular complexity index is 724. The van der Waals surface area contributed by atoms with Crippen molar-refractivity contribution in [3.63, 3.8) is 0 Å². The van der Waals surface area contributed by atoms with Crippen LogP contribution < -0.4 is 9.46 Å². The monoisotopic (exact) mass is 293 g/mol. The van der Waals surface area contributed by atoms with Crippen LogP contribution in [0, 0.1) is 6.92 Å². The highest BCUT2D eigenvalue weighted by Crippen LogP contribution is 2.32. The number of fused-ring (bicyclic) bond motifs is 1. The fraction of sp³-hybridized carbons (Fsp3) is 0.308. The highest BCUT2D eigenvalue weighted by molar-refractivity contribution is 7.89. The SMILES string of the molecule is Cc1ncc(S(=O)(=O)NC2CCOc3ccccc32)[nH]1. The number of nitrogens with zero attached hydrogens (tertiary/aromatic N) is 1. The lowest BCUT2D eigenvalue weighted by molar-refractivity contribution is 0.263. The molecule has 0 radical (unpaired) electrons. The van der Waals surface area contributed by atoms with Gasteiger partial charge in [-0.15, -0.1) is 0 Å². The lowest BCUT2D eigenvalue weighted by Gasteiger charge is -2.26. The smallest absolute Gasteiger partial charge is 0.258 e. The number of hydrogen-bond donors (Lipinski definition) is 2. The van der Waals surface area contributed by atoms with E-state index in [-0.39, 0.29) is 11.1 Å². The van der Waals surface area contributed by atoms with Crippen molar-refractivity contribution in [1.82, 2.24) is 14.7 Å². The summed E-state index contributed by atoms with van der Waals surface area (Å²) in [5, 5.41) is 0.0824. The molecule has 1 aromatic carbocycles. The molecule has 0 bridgehead atoms. The van der Waals surface area contributed by atoms with Crippen molar-refractivity contribution in [1.29, 1.82) is 0 Å². The Labute approximate surface area is 117 Å². The maximum absolute atomic E-state index is 12.3. The van der Waals surface area contributed by atoms with E-state index in [1.807, 2.05) is 24.3 Å². The van der Waals surface area contributed by atoms with Gasteiger partial charge in [0.15, 0.2) is 5.03 Å². The van der Waals surface area contributed by atoms with Crippen LogP contribution in [0.2, 0.25) is 0 Å². The summed E-state index contributed by atoms with van der Waals surface area (Å²) in [6.07, 6.45) is 1.92. The van der Waals surface area contributed by atoms with E-state index in [9.17, 15) is 8.42 Å². The van der Waals surface area contributed by atoms with Crippen LogP contribution in [0.4, 0.5) is 0 Å². The molecule has 2 aromatic rings. The number of para-hydroxylation sites is 1. The minimum atomic E-state index is -3.61. The lowest BCUT2D eigenvalue weighted by Crippen LogP contribution is -2.32. The molecule has 0 aliphatic carbocycles. The third kappa shape index (κ3) is 2.41. The van der Waals surface area contributed by atoms with E-state index in [2.05, 4.69) is 14.7 Å². The van der Waals surface area contributed by atoms with Crippen molar-refractivity contribution in [2.75, 3.05) is 6.61 Å². The number of rotatable bonds is 3. The third-order valence-corrected chi connectivity index (χ3v) is 4.61. The van der Waals surface area contributed by atoms with Crippen molar-refractivity contribution >= 4 is 10.0 Å². The van der Waals surface area contributed by atoms with Gasteiger partial charge in [-0.3, -0.25) is 0 Å². The van der Waals surface area contributed by atoms with Crippen LogP contribution in [0.5, 0.6) is 5.75 Å². The minimum absolute atomic E-state index is 0.0824. The molecule has 3 rings (SSSR count). The van der Waals surface area contributed by atoms with Gasteiger partial charge in [-0.1, -0.05) is 18.2 Å². The molecule has 1 atom stereocenters. The first-order chi connectivity index (χ1) is 9.56. The Hall–Kier alpha value is -1.86. The Morgan fingerprint density at radius 1 is 1.40 bits per heavy atom. The summed E-state index contributed by atoms with van der Waals surface area (Å²) < 4.78 is 32.8. The summed E-state index contributed by atoms with van der Waals surface area (Å²) in [6.45, 7) is 2.20. The molecule has 7 heteroatoms. The van der Waals surface area contributed by atoms with Crippen LogP contribution in [0.15, 0.2) is 35.5 Å². The van der Waals surface area contributed by atoms with Crippen LogP contribution in [0.3, 0.4) is 0 Å². The number of aryl methyl sites for hydroxylation is 1. The number of ether oxygens (including phenoxy) is 1. The molecule has 1 aromatic heterocycles. The zero-order valence-corrected chi connectivity index (χ0v) is 11.8. The van der Waals surface area contributed by atoms with E-state index < -0.39 is 10.0 Å². The summed E-state index contributed by atoms with van der Waals surface area (Å²) in [5.41, 5.74) is 0.860. The second kappa shape index (κ2) is 4.92. The topological polar surface area (TPSA) is 84.1 Å². The molecule has 2 heterocycles. The van der Waals surface area contributed by atoms with Gasteiger partial charge >= 0.3 is 0 Å². The number of aromatic amines is 1. The second-order valence-electron chi connectivity index (χ2n) is 4.68. The molecular formula is C13H15N3O3S. The molecule has 106 valence electrons. The third-order valence-electron chi connectivity index (χ3n) is 3.22. The average Bonchev–Trinajstić information content (AvgIpc) is 2.86. The fourth-order valence-electron chi connectivity index (χ4n) is 2.25. The average molecular weight is 293 g/mol. The van der Waals surface area contributed by atoms with Crippen LogP contribution in [-0.4, -0.2) is 25.0 Å². The van der Waals surface area contributed by atoms with Gasteiger partial charge in [-0.2, -0.15) is 0 Å². The summed E-state index contributed by atoms with van der Waals surface area (Å²) in [5.74, 6) is 1.30. The van der Waals surface area contributed by atoms with Gasteiger partial charge in [0.2, 0.25) is 0 Å². The van der Waals surface area contributed by atoms with Crippen molar-refractivity contribution in [2.24, 2.45) is 0 Å². The Kier molecular flexibility index (Phi) is 3.23. The van der Waals surface area contributed by atoms with Crippen molar-refractivity contribution in [3.05, 3.63) is 41.9 Å². The first kappa shape index (κ1) is 13.1. The van der Waals surface area contributed by atoms with Gasteiger partial charge < -0.3 is 9.72 Å². The molecule has 0 spiro atoms.